The average molecular weight is 841 g/mol. The van der Waals surface area contributed by atoms with Gasteiger partial charge in [0.15, 0.2) is 0 Å². The molecule has 13 nitrogen and oxygen atoms in total. The number of H-pyrrole nitrogens is 1. The number of hydrogen-bond acceptors (Lipinski definition) is 11. The Bertz CT molecular complexity index is 2000. The van der Waals surface area contributed by atoms with Crippen LogP contribution < -0.4 is 21.3 Å². The van der Waals surface area contributed by atoms with Crippen LogP contribution in [-0.4, -0.2) is 118 Å². The van der Waals surface area contributed by atoms with Crippen molar-refractivity contribution in [2.24, 2.45) is 4.99 Å². The summed E-state index contributed by atoms with van der Waals surface area (Å²) >= 11 is 0. The molecule has 1 aromatic heterocycles. The number of carbonyl (C=O) groups excluding carboxylic acids is 3. The number of hydrogen-bond donors (Lipinski definition) is 5. The second-order valence-electron chi connectivity index (χ2n) is 16.1. The van der Waals surface area contributed by atoms with Gasteiger partial charge in [-0.25, -0.2) is 8.78 Å². The molecule has 3 heterocycles. The number of nitrogens with zero attached hydrogens (tertiary/aromatic N) is 5. The van der Waals surface area contributed by atoms with Crippen LogP contribution in [-0.2, 0) is 14.4 Å². The smallest absolute Gasteiger partial charge is 0.211 e. The minimum absolute atomic E-state index is 0.0782. The third-order valence-corrected chi connectivity index (χ3v) is 11.4. The molecule has 328 valence electrons. The van der Waals surface area contributed by atoms with Crippen LogP contribution in [0.1, 0.15) is 92.3 Å². The number of nitrogens with one attached hydrogen (secondary N) is 4. The van der Waals surface area contributed by atoms with E-state index in [4.69, 9.17) is 21.4 Å². The Balaban J connectivity index is 0.000000462. The fourth-order valence-electron chi connectivity index (χ4n) is 8.07. The zero-order chi connectivity index (χ0) is 44.5. The number of nitriles is 1. The molecule has 0 radical (unpaired) electrons. The number of anilines is 3. The van der Waals surface area contributed by atoms with E-state index in [1.807, 2.05) is 62.5 Å². The van der Waals surface area contributed by atoms with Crippen LogP contribution in [0.2, 0.25) is 0 Å². The minimum atomic E-state index is -0.962. The number of allylic oxidation sites excluding steroid dienone is 1. The number of nitrogen functional groups attached to an aromatic ring is 1. The molecule has 1 aliphatic carbocycles. The monoisotopic (exact) mass is 840 g/mol. The number of piperazine rings is 1. The number of aliphatic imine (C=N–C) groups is 1. The molecule has 1 atom stereocenters. The van der Waals surface area contributed by atoms with Gasteiger partial charge < -0.3 is 41.2 Å². The van der Waals surface area contributed by atoms with Crippen LogP contribution >= 0.6 is 0 Å². The molecule has 6 N–H and O–H groups in total. The predicted molar refractivity (Wildman–Crippen MR) is 241 cm³/mol. The molecule has 2 aromatic carbocycles. The molecule has 2 aliphatic heterocycles. The number of aromatic nitrogens is 1. The topological polar surface area (TPSA) is 187 Å². The van der Waals surface area contributed by atoms with E-state index in [9.17, 15) is 23.2 Å². The summed E-state index contributed by atoms with van der Waals surface area (Å²) in [4.78, 5) is 48.1. The number of carbonyl (C=O) groups is 3. The van der Waals surface area contributed by atoms with Crippen LogP contribution in [0.25, 0.3) is 6.08 Å². The van der Waals surface area contributed by atoms with Crippen LogP contribution in [0, 0.1) is 35.3 Å². The summed E-state index contributed by atoms with van der Waals surface area (Å²) in [6.45, 7) is 11.4. The molecular formula is C46H62F2N10O3. The van der Waals surface area contributed by atoms with E-state index < -0.39 is 17.6 Å². The standard InChI is InChI=1S/C35H46F2N6O3.C9H9N3.C2H7N/c1-23(2)30-17-33(38)25(14-34(30)40-22-46)18-39-26-5-7-27(8-6-26)41-9-11-42(12-10-41)29-19-43(20-29)28-15-31(36)35(32(37)16-28)24(21-45)4-3-13-44;1-7-2-3-9(12-7)4-8(5-10)6-11;1-3-2/h13-18,21-24,26-27,29H,3-12,19-20,38H2,1-2H3,(H,40,46);2-5,10,12H,1H3;3H,1-2H3/b;8-4+,10-5?;/t24-,26?,27?;;/m0../s1. The van der Waals surface area contributed by atoms with Gasteiger partial charge in [-0.2, -0.15) is 5.26 Å². The highest BCUT2D eigenvalue weighted by Gasteiger charge is 2.36. The Morgan fingerprint density at radius 1 is 1.00 bits per heavy atom. The highest BCUT2D eigenvalue weighted by Crippen LogP contribution is 2.33. The first kappa shape index (κ1) is 48.1. The summed E-state index contributed by atoms with van der Waals surface area (Å²) in [6.07, 6.45) is 10.8. The van der Waals surface area contributed by atoms with E-state index in [1.54, 1.807) is 6.08 Å². The van der Waals surface area contributed by atoms with E-state index in [0.717, 1.165) is 86.3 Å². The van der Waals surface area contributed by atoms with Gasteiger partial charge in [-0.1, -0.05) is 13.8 Å². The van der Waals surface area contributed by atoms with Gasteiger partial charge in [-0.3, -0.25) is 19.6 Å². The first-order valence-corrected chi connectivity index (χ1v) is 21.0. The van der Waals surface area contributed by atoms with Gasteiger partial charge in [0, 0.05) is 116 Å². The lowest BCUT2D eigenvalue weighted by Crippen LogP contribution is -2.64. The molecule has 1 saturated carbocycles. The number of aromatic amines is 1. The maximum atomic E-state index is 14.9. The molecule has 3 aromatic rings. The summed E-state index contributed by atoms with van der Waals surface area (Å²) in [7, 11) is 3.75. The molecule has 2 saturated heterocycles. The van der Waals surface area contributed by atoms with Crippen LogP contribution in [0.4, 0.5) is 25.8 Å². The molecule has 1 amide bonds. The van der Waals surface area contributed by atoms with Crippen molar-refractivity contribution in [1.82, 2.24) is 20.1 Å². The number of halogens is 2. The first-order valence-electron chi connectivity index (χ1n) is 21.0. The van der Waals surface area contributed by atoms with Crippen molar-refractivity contribution < 1.29 is 23.2 Å². The molecule has 15 heteroatoms. The van der Waals surface area contributed by atoms with E-state index in [2.05, 4.69) is 39.3 Å². The summed E-state index contributed by atoms with van der Waals surface area (Å²) in [5.41, 5.74) is 12.1. The quantitative estimate of drug-likeness (QED) is 0.0496. The van der Waals surface area contributed by atoms with Gasteiger partial charge in [0.1, 0.15) is 30.3 Å². The van der Waals surface area contributed by atoms with Crippen LogP contribution in [0.5, 0.6) is 0 Å². The average Bonchev–Trinajstić information content (AvgIpc) is 3.65. The summed E-state index contributed by atoms with van der Waals surface area (Å²) in [5.74, 6) is -2.19. The minimum Gasteiger partial charge on any atom is -0.398 e. The largest absolute Gasteiger partial charge is 0.398 e. The summed E-state index contributed by atoms with van der Waals surface area (Å²) in [5, 5.41) is 20.9. The molecule has 0 unspecified atom stereocenters. The molecule has 0 spiro atoms. The number of aryl methyl sites for hydroxylation is 1. The number of aldehydes is 2. The lowest BCUT2D eigenvalue weighted by molar-refractivity contribution is -0.110. The first-order chi connectivity index (χ1) is 29.4. The number of benzene rings is 2. The number of amides is 1. The van der Waals surface area contributed by atoms with Crippen molar-refractivity contribution in [2.45, 2.75) is 89.3 Å². The van der Waals surface area contributed by atoms with Gasteiger partial charge in [0.05, 0.1) is 11.6 Å². The Kier molecular flexibility index (Phi) is 19.0. The number of rotatable bonds is 15. The van der Waals surface area contributed by atoms with E-state index in [0.29, 0.717) is 61.1 Å². The van der Waals surface area contributed by atoms with Crippen molar-refractivity contribution in [3.8, 4) is 6.07 Å². The fraction of sp³-hybridized carbons (Fsp3) is 0.478. The second kappa shape index (κ2) is 24.0. The molecular weight excluding hydrogens is 779 g/mol. The summed E-state index contributed by atoms with van der Waals surface area (Å²) < 4.78 is 29.7. The Morgan fingerprint density at radius 3 is 2.13 bits per heavy atom. The fourth-order valence-corrected chi connectivity index (χ4v) is 8.07. The van der Waals surface area contributed by atoms with Crippen LogP contribution in [0.3, 0.4) is 0 Å². The van der Waals surface area contributed by atoms with Crippen molar-refractivity contribution in [1.29, 1.82) is 10.7 Å². The lowest BCUT2D eigenvalue weighted by Gasteiger charge is -2.50. The van der Waals surface area contributed by atoms with E-state index >= 15 is 0 Å². The molecule has 61 heavy (non-hydrogen) atoms. The third kappa shape index (κ3) is 13.5. The van der Waals surface area contributed by atoms with Crippen molar-refractivity contribution in [3.63, 3.8) is 0 Å². The zero-order valence-electron chi connectivity index (χ0n) is 36.1. The number of nitrogens with two attached hydrogens (primary N) is 1. The molecule has 6 rings (SSSR count). The van der Waals surface area contributed by atoms with Crippen molar-refractivity contribution in [3.05, 3.63) is 81.7 Å². The van der Waals surface area contributed by atoms with E-state index in [1.165, 1.54) is 12.1 Å². The SMILES string of the molecule is CC(C)c1cc(N)c(C=NC2CCC(N3CCN(C4CN(c5cc(F)c([C@H](C=O)CCC=O)c(F)c5)C4)CC3)CC2)cc1NC=O.CNC.Cc1ccc(/C=C(/C#N)C=N)[nH]1. The van der Waals surface area contributed by atoms with Crippen molar-refractivity contribution in [2.75, 3.05) is 69.3 Å². The Morgan fingerprint density at radius 2 is 1.62 bits per heavy atom. The highest BCUT2D eigenvalue weighted by atomic mass is 19.1. The van der Waals surface area contributed by atoms with Crippen LogP contribution in [0.15, 0.2) is 47.0 Å². The van der Waals surface area contributed by atoms with Gasteiger partial charge in [-0.05, 0) is 107 Å². The second-order valence-corrected chi connectivity index (χ2v) is 16.1. The molecule has 3 fully saturated rings. The Hall–Kier alpha value is -5.56. The maximum Gasteiger partial charge on any atom is 0.211 e. The third-order valence-electron chi connectivity index (χ3n) is 11.4. The van der Waals surface area contributed by atoms with E-state index in [-0.39, 0.29) is 30.4 Å². The lowest BCUT2D eigenvalue weighted by atomic mass is 9.90. The van der Waals surface area contributed by atoms with Gasteiger partial charge >= 0.3 is 0 Å². The Labute approximate surface area is 359 Å². The molecule has 0 bridgehead atoms. The van der Waals surface area contributed by atoms with Gasteiger partial charge in [0.2, 0.25) is 6.41 Å². The normalized spacial score (nSPS) is 19.1. The molecule has 3 aliphatic rings. The highest BCUT2D eigenvalue weighted by molar-refractivity contribution is 5.91. The van der Waals surface area contributed by atoms with Gasteiger partial charge in [0.25, 0.3) is 0 Å². The maximum absolute atomic E-state index is 14.9. The predicted octanol–water partition coefficient (Wildman–Crippen LogP) is 6.45. The van der Waals surface area contributed by atoms with Crippen molar-refractivity contribution >= 4 is 54.5 Å². The summed E-state index contributed by atoms with van der Waals surface area (Å²) in [6, 6.07) is 13.3. The van der Waals surface area contributed by atoms with Gasteiger partial charge in [-0.15, -0.1) is 0 Å². The zero-order valence-corrected chi connectivity index (χ0v) is 36.1.